The summed E-state index contributed by atoms with van der Waals surface area (Å²) in [6.45, 7) is 0.613. The molecule has 2 aromatic carbocycles. The van der Waals surface area contributed by atoms with Gasteiger partial charge in [0.15, 0.2) is 16.5 Å². The molecule has 0 bridgehead atoms. The molecule has 2 aromatic heterocycles. The third kappa shape index (κ3) is 3.26. The summed E-state index contributed by atoms with van der Waals surface area (Å²) < 4.78 is 7.03. The van der Waals surface area contributed by atoms with Gasteiger partial charge < -0.3 is 9.32 Å². The average Bonchev–Trinajstić information content (AvgIpc) is 3.26. The van der Waals surface area contributed by atoms with E-state index in [4.69, 9.17) is 4.42 Å². The van der Waals surface area contributed by atoms with Gasteiger partial charge in [0.2, 0.25) is 0 Å². The first-order chi connectivity index (χ1) is 13.3. The number of thiazole rings is 1. The maximum atomic E-state index is 13.1. The van der Waals surface area contributed by atoms with Crippen LogP contribution in [0.1, 0.15) is 29.0 Å². The molecule has 0 unspecified atom stereocenters. The Morgan fingerprint density at radius 2 is 1.81 bits per heavy atom. The van der Waals surface area contributed by atoms with E-state index in [9.17, 15) is 4.79 Å². The number of furan rings is 1. The van der Waals surface area contributed by atoms with Crippen LogP contribution in [0.5, 0.6) is 0 Å². The monoisotopic (exact) mass is 374 g/mol. The SMILES string of the molecule is O=C(c1ccc(-c2nc3ccccc3s2)o1)N(Cc1ccccc1)C1CC1. The van der Waals surface area contributed by atoms with Crippen molar-refractivity contribution in [1.82, 2.24) is 9.88 Å². The fourth-order valence-electron chi connectivity index (χ4n) is 3.22. The van der Waals surface area contributed by atoms with Gasteiger partial charge in [-0.15, -0.1) is 11.3 Å². The van der Waals surface area contributed by atoms with Crippen LogP contribution in [0.2, 0.25) is 0 Å². The maximum absolute atomic E-state index is 13.1. The van der Waals surface area contributed by atoms with E-state index in [1.165, 1.54) is 0 Å². The van der Waals surface area contributed by atoms with Crippen molar-refractivity contribution in [1.29, 1.82) is 0 Å². The van der Waals surface area contributed by atoms with Gasteiger partial charge in [-0.05, 0) is 42.7 Å². The van der Waals surface area contributed by atoms with Gasteiger partial charge in [0.05, 0.1) is 10.2 Å². The summed E-state index contributed by atoms with van der Waals surface area (Å²) in [5, 5.41) is 0.802. The van der Waals surface area contributed by atoms with Crippen molar-refractivity contribution in [2.75, 3.05) is 0 Å². The van der Waals surface area contributed by atoms with E-state index in [1.807, 2.05) is 53.4 Å². The molecular formula is C22H18N2O2S. The fraction of sp³-hybridized carbons (Fsp3) is 0.182. The number of amides is 1. The first-order valence-corrected chi connectivity index (χ1v) is 9.90. The molecule has 1 aliphatic rings. The standard InChI is InChI=1S/C22H18N2O2S/c25-22(24(16-10-11-16)14-15-6-2-1-3-7-15)19-13-12-18(26-19)21-23-17-8-4-5-9-20(17)27-21/h1-9,12-13,16H,10-11,14H2. The normalized spacial score (nSPS) is 13.8. The minimum atomic E-state index is -0.0475. The van der Waals surface area contributed by atoms with E-state index >= 15 is 0 Å². The van der Waals surface area contributed by atoms with Crippen LogP contribution in [-0.4, -0.2) is 21.8 Å². The van der Waals surface area contributed by atoms with E-state index in [-0.39, 0.29) is 5.91 Å². The Hall–Kier alpha value is -2.92. The fourth-order valence-corrected chi connectivity index (χ4v) is 4.15. The number of aromatic nitrogens is 1. The molecule has 0 radical (unpaired) electrons. The lowest BCUT2D eigenvalue weighted by molar-refractivity contribution is 0.0698. The van der Waals surface area contributed by atoms with Crippen molar-refractivity contribution in [2.24, 2.45) is 0 Å². The van der Waals surface area contributed by atoms with Crippen molar-refractivity contribution in [3.05, 3.63) is 78.1 Å². The predicted octanol–water partition coefficient (Wildman–Crippen LogP) is 5.36. The summed E-state index contributed by atoms with van der Waals surface area (Å²) in [5.74, 6) is 0.982. The molecule has 0 spiro atoms. The molecule has 5 heteroatoms. The van der Waals surface area contributed by atoms with Gasteiger partial charge in [-0.25, -0.2) is 4.98 Å². The van der Waals surface area contributed by atoms with Gasteiger partial charge in [0.25, 0.3) is 5.91 Å². The Morgan fingerprint density at radius 1 is 1.04 bits per heavy atom. The van der Waals surface area contributed by atoms with Crippen LogP contribution in [0.25, 0.3) is 21.0 Å². The van der Waals surface area contributed by atoms with Crippen LogP contribution < -0.4 is 0 Å². The Kier molecular flexibility index (Phi) is 4.02. The molecule has 0 N–H and O–H groups in total. The molecule has 0 aliphatic heterocycles. The number of nitrogens with zero attached hydrogens (tertiary/aromatic N) is 2. The number of carbonyl (C=O) groups is 1. The van der Waals surface area contributed by atoms with Crippen molar-refractivity contribution in [3.63, 3.8) is 0 Å². The van der Waals surface area contributed by atoms with E-state index in [2.05, 4.69) is 17.1 Å². The Labute approximate surface area is 161 Å². The lowest BCUT2D eigenvalue weighted by Crippen LogP contribution is -2.32. The molecule has 27 heavy (non-hydrogen) atoms. The van der Waals surface area contributed by atoms with E-state index in [1.54, 1.807) is 17.4 Å². The number of carbonyl (C=O) groups excluding carboxylic acids is 1. The zero-order valence-electron chi connectivity index (χ0n) is 14.7. The lowest BCUT2D eigenvalue weighted by Gasteiger charge is -2.21. The summed E-state index contributed by atoms with van der Waals surface area (Å²) in [6, 6.07) is 22.0. The second-order valence-electron chi connectivity index (χ2n) is 6.80. The van der Waals surface area contributed by atoms with Crippen LogP contribution in [0.3, 0.4) is 0 Å². The lowest BCUT2D eigenvalue weighted by atomic mass is 10.2. The highest BCUT2D eigenvalue weighted by atomic mass is 32.1. The number of hydrogen-bond donors (Lipinski definition) is 0. The van der Waals surface area contributed by atoms with Crippen molar-refractivity contribution >= 4 is 27.5 Å². The minimum Gasteiger partial charge on any atom is -0.448 e. The Balaban J connectivity index is 1.41. The number of para-hydroxylation sites is 1. The molecule has 4 aromatic rings. The van der Waals surface area contributed by atoms with E-state index in [0.29, 0.717) is 24.1 Å². The molecule has 5 rings (SSSR count). The number of hydrogen-bond acceptors (Lipinski definition) is 4. The van der Waals surface area contributed by atoms with Gasteiger partial charge in [-0.2, -0.15) is 0 Å². The van der Waals surface area contributed by atoms with Gasteiger partial charge in [0.1, 0.15) is 0 Å². The minimum absolute atomic E-state index is 0.0475. The topological polar surface area (TPSA) is 46.3 Å². The summed E-state index contributed by atoms with van der Waals surface area (Å²) in [6.07, 6.45) is 2.12. The van der Waals surface area contributed by atoms with Crippen LogP contribution in [-0.2, 0) is 6.54 Å². The third-order valence-electron chi connectivity index (χ3n) is 4.77. The third-order valence-corrected chi connectivity index (χ3v) is 5.82. The van der Waals surface area contributed by atoms with Crippen LogP contribution in [0.15, 0.2) is 71.1 Å². The molecule has 1 fully saturated rings. The van der Waals surface area contributed by atoms with Crippen LogP contribution >= 0.6 is 11.3 Å². The molecule has 1 saturated carbocycles. The molecule has 1 aliphatic carbocycles. The van der Waals surface area contributed by atoms with Crippen molar-refractivity contribution in [2.45, 2.75) is 25.4 Å². The highest BCUT2D eigenvalue weighted by Gasteiger charge is 2.34. The second-order valence-corrected chi connectivity index (χ2v) is 7.83. The smallest absolute Gasteiger partial charge is 0.290 e. The summed E-state index contributed by atoms with van der Waals surface area (Å²) >= 11 is 1.58. The second kappa shape index (κ2) is 6.67. The number of fused-ring (bicyclic) bond motifs is 1. The average molecular weight is 374 g/mol. The Bertz CT molecular complexity index is 1060. The van der Waals surface area contributed by atoms with Gasteiger partial charge in [-0.3, -0.25) is 4.79 Å². The zero-order chi connectivity index (χ0) is 18.2. The van der Waals surface area contributed by atoms with E-state index < -0.39 is 0 Å². The summed E-state index contributed by atoms with van der Waals surface area (Å²) in [7, 11) is 0. The highest BCUT2D eigenvalue weighted by molar-refractivity contribution is 7.21. The molecule has 0 atom stereocenters. The molecule has 2 heterocycles. The summed E-state index contributed by atoms with van der Waals surface area (Å²) in [5.41, 5.74) is 2.08. The van der Waals surface area contributed by atoms with Crippen LogP contribution in [0, 0.1) is 0 Å². The van der Waals surface area contributed by atoms with Gasteiger partial charge in [-0.1, -0.05) is 42.5 Å². The van der Waals surface area contributed by atoms with Crippen LogP contribution in [0.4, 0.5) is 0 Å². The molecule has 0 saturated heterocycles. The number of rotatable bonds is 5. The zero-order valence-corrected chi connectivity index (χ0v) is 15.5. The van der Waals surface area contributed by atoms with Gasteiger partial charge in [0, 0.05) is 12.6 Å². The largest absolute Gasteiger partial charge is 0.448 e. The van der Waals surface area contributed by atoms with Gasteiger partial charge >= 0.3 is 0 Å². The quantitative estimate of drug-likeness (QED) is 0.472. The predicted molar refractivity (Wildman–Crippen MR) is 107 cm³/mol. The molecule has 134 valence electrons. The first-order valence-electron chi connectivity index (χ1n) is 9.08. The number of benzene rings is 2. The molecular weight excluding hydrogens is 356 g/mol. The highest BCUT2D eigenvalue weighted by Crippen LogP contribution is 2.33. The summed E-state index contributed by atoms with van der Waals surface area (Å²) in [4.78, 5) is 19.6. The first kappa shape index (κ1) is 16.3. The maximum Gasteiger partial charge on any atom is 0.290 e. The van der Waals surface area contributed by atoms with Crippen molar-refractivity contribution in [3.8, 4) is 10.8 Å². The van der Waals surface area contributed by atoms with Crippen molar-refractivity contribution < 1.29 is 9.21 Å². The van der Waals surface area contributed by atoms with E-state index in [0.717, 1.165) is 33.6 Å². The molecule has 1 amide bonds. The molecule has 4 nitrogen and oxygen atoms in total. The Morgan fingerprint density at radius 3 is 2.59 bits per heavy atom.